The van der Waals surface area contributed by atoms with Crippen LogP contribution in [0, 0.1) is 0 Å². The molecule has 2 N–H and O–H groups in total. The quantitative estimate of drug-likeness (QED) is 0.596. The van der Waals surface area contributed by atoms with E-state index in [1.807, 2.05) is 0 Å². The number of rotatable bonds is 6. The SMILES string of the molecule is CCc1noc(CC)c1CNC(=NC)NCC1CN(C)CCO1. The molecule has 1 aliphatic rings. The van der Waals surface area contributed by atoms with Gasteiger partial charge in [0.05, 0.1) is 18.4 Å². The molecule has 0 aliphatic carbocycles. The molecule has 1 aromatic rings. The Labute approximate surface area is 138 Å². The molecule has 7 nitrogen and oxygen atoms in total. The largest absolute Gasteiger partial charge is 0.374 e. The van der Waals surface area contributed by atoms with Gasteiger partial charge in [0.2, 0.25) is 0 Å². The zero-order chi connectivity index (χ0) is 16.7. The van der Waals surface area contributed by atoms with Crippen molar-refractivity contribution in [3.8, 4) is 0 Å². The fourth-order valence-corrected chi connectivity index (χ4v) is 2.73. The lowest BCUT2D eigenvalue weighted by atomic mass is 10.1. The molecule has 1 atom stereocenters. The van der Waals surface area contributed by atoms with Gasteiger partial charge in [0.15, 0.2) is 5.96 Å². The summed E-state index contributed by atoms with van der Waals surface area (Å²) >= 11 is 0. The van der Waals surface area contributed by atoms with E-state index in [1.54, 1.807) is 7.05 Å². The van der Waals surface area contributed by atoms with Crippen molar-refractivity contribution in [1.29, 1.82) is 0 Å². The minimum Gasteiger partial charge on any atom is -0.374 e. The molecule has 0 amide bonds. The molecule has 1 fully saturated rings. The summed E-state index contributed by atoms with van der Waals surface area (Å²) in [5.74, 6) is 1.72. The van der Waals surface area contributed by atoms with Gasteiger partial charge in [-0.15, -0.1) is 0 Å². The molecule has 1 aliphatic heterocycles. The molecular formula is C16H29N5O2. The highest BCUT2D eigenvalue weighted by molar-refractivity contribution is 5.79. The summed E-state index contributed by atoms with van der Waals surface area (Å²) in [5, 5.41) is 10.8. The number of aromatic nitrogens is 1. The Kier molecular flexibility index (Phi) is 6.85. The number of guanidine groups is 1. The second-order valence-corrected chi connectivity index (χ2v) is 5.80. The van der Waals surface area contributed by atoms with Crippen molar-refractivity contribution in [2.75, 3.05) is 40.3 Å². The summed E-state index contributed by atoms with van der Waals surface area (Å²) < 4.78 is 11.1. The molecular weight excluding hydrogens is 294 g/mol. The molecule has 0 spiro atoms. The van der Waals surface area contributed by atoms with Crippen molar-refractivity contribution < 1.29 is 9.26 Å². The van der Waals surface area contributed by atoms with Crippen LogP contribution in [0.25, 0.3) is 0 Å². The van der Waals surface area contributed by atoms with Gasteiger partial charge < -0.3 is 24.8 Å². The number of aliphatic imine (C=N–C) groups is 1. The van der Waals surface area contributed by atoms with E-state index in [0.29, 0.717) is 6.54 Å². The predicted octanol–water partition coefficient (Wildman–Crippen LogP) is 0.795. The number of hydrogen-bond donors (Lipinski definition) is 2. The van der Waals surface area contributed by atoms with Crippen LogP contribution in [0.4, 0.5) is 0 Å². The molecule has 2 heterocycles. The van der Waals surface area contributed by atoms with Crippen LogP contribution in [0.2, 0.25) is 0 Å². The third-order valence-electron chi connectivity index (χ3n) is 4.10. The summed E-state index contributed by atoms with van der Waals surface area (Å²) in [5.41, 5.74) is 2.16. The number of ether oxygens (including phenoxy) is 1. The summed E-state index contributed by atoms with van der Waals surface area (Å²) in [6.07, 6.45) is 1.91. The third kappa shape index (κ3) is 4.94. The molecule has 0 bridgehead atoms. The fourth-order valence-electron chi connectivity index (χ4n) is 2.73. The lowest BCUT2D eigenvalue weighted by molar-refractivity contribution is -0.0161. The number of aryl methyl sites for hydroxylation is 2. The monoisotopic (exact) mass is 323 g/mol. The number of hydrogen-bond acceptors (Lipinski definition) is 5. The van der Waals surface area contributed by atoms with Crippen LogP contribution < -0.4 is 10.6 Å². The van der Waals surface area contributed by atoms with Crippen molar-refractivity contribution in [1.82, 2.24) is 20.7 Å². The van der Waals surface area contributed by atoms with Gasteiger partial charge >= 0.3 is 0 Å². The van der Waals surface area contributed by atoms with E-state index >= 15 is 0 Å². The molecule has 1 saturated heterocycles. The smallest absolute Gasteiger partial charge is 0.191 e. The van der Waals surface area contributed by atoms with Gasteiger partial charge in [-0.3, -0.25) is 4.99 Å². The molecule has 0 saturated carbocycles. The molecule has 0 aromatic carbocycles. The topological polar surface area (TPSA) is 74.9 Å². The van der Waals surface area contributed by atoms with Gasteiger partial charge in [-0.05, 0) is 13.5 Å². The fraction of sp³-hybridized carbons (Fsp3) is 0.750. The first-order valence-electron chi connectivity index (χ1n) is 8.38. The van der Waals surface area contributed by atoms with Crippen molar-refractivity contribution in [3.05, 3.63) is 17.0 Å². The summed E-state index contributed by atoms with van der Waals surface area (Å²) in [4.78, 5) is 6.56. The lowest BCUT2D eigenvalue weighted by Crippen LogP contribution is -2.48. The molecule has 0 radical (unpaired) electrons. The predicted molar refractivity (Wildman–Crippen MR) is 90.7 cm³/mol. The van der Waals surface area contributed by atoms with Crippen LogP contribution >= 0.6 is 0 Å². The average molecular weight is 323 g/mol. The zero-order valence-corrected chi connectivity index (χ0v) is 14.7. The van der Waals surface area contributed by atoms with E-state index in [9.17, 15) is 0 Å². The zero-order valence-electron chi connectivity index (χ0n) is 14.7. The van der Waals surface area contributed by atoms with Crippen molar-refractivity contribution >= 4 is 5.96 Å². The first kappa shape index (κ1) is 17.7. The molecule has 1 unspecified atom stereocenters. The Morgan fingerprint density at radius 2 is 2.17 bits per heavy atom. The van der Waals surface area contributed by atoms with Crippen LogP contribution in [0.5, 0.6) is 0 Å². The molecule has 7 heteroatoms. The van der Waals surface area contributed by atoms with Crippen molar-refractivity contribution in [3.63, 3.8) is 0 Å². The van der Waals surface area contributed by atoms with Crippen molar-refractivity contribution in [2.24, 2.45) is 4.99 Å². The summed E-state index contributed by atoms with van der Waals surface area (Å²) in [6.45, 7) is 8.30. The van der Waals surface area contributed by atoms with Crippen LogP contribution in [-0.2, 0) is 24.1 Å². The number of nitrogens with zero attached hydrogens (tertiary/aromatic N) is 3. The van der Waals surface area contributed by atoms with Gasteiger partial charge in [0, 0.05) is 45.2 Å². The van der Waals surface area contributed by atoms with Crippen LogP contribution in [-0.4, -0.2) is 62.5 Å². The Balaban J connectivity index is 1.84. The number of morpholine rings is 1. The van der Waals surface area contributed by atoms with Gasteiger partial charge in [0.25, 0.3) is 0 Å². The van der Waals surface area contributed by atoms with Gasteiger partial charge in [-0.25, -0.2) is 0 Å². The van der Waals surface area contributed by atoms with E-state index < -0.39 is 0 Å². The summed E-state index contributed by atoms with van der Waals surface area (Å²) in [7, 11) is 3.89. The van der Waals surface area contributed by atoms with Crippen LogP contribution in [0.15, 0.2) is 9.52 Å². The normalized spacial score (nSPS) is 19.8. The lowest BCUT2D eigenvalue weighted by Gasteiger charge is -2.30. The Morgan fingerprint density at radius 1 is 1.35 bits per heavy atom. The second kappa shape index (κ2) is 8.88. The van der Waals surface area contributed by atoms with Gasteiger partial charge in [-0.2, -0.15) is 0 Å². The van der Waals surface area contributed by atoms with E-state index in [2.05, 4.69) is 46.6 Å². The van der Waals surface area contributed by atoms with Crippen LogP contribution in [0.1, 0.15) is 30.9 Å². The minimum absolute atomic E-state index is 0.195. The molecule has 130 valence electrons. The molecule has 23 heavy (non-hydrogen) atoms. The van der Waals surface area contributed by atoms with Crippen LogP contribution in [0.3, 0.4) is 0 Å². The first-order chi connectivity index (χ1) is 11.2. The van der Waals surface area contributed by atoms with E-state index in [1.165, 1.54) is 0 Å². The molecule has 1 aromatic heterocycles. The Bertz CT molecular complexity index is 493. The highest BCUT2D eigenvalue weighted by atomic mass is 16.5. The summed E-state index contributed by atoms with van der Waals surface area (Å²) in [6, 6.07) is 0. The molecule has 2 rings (SSSR count). The van der Waals surface area contributed by atoms with E-state index in [0.717, 1.165) is 62.1 Å². The van der Waals surface area contributed by atoms with E-state index in [4.69, 9.17) is 9.26 Å². The highest BCUT2D eigenvalue weighted by Crippen LogP contribution is 2.15. The Hall–Kier alpha value is -1.60. The van der Waals surface area contributed by atoms with E-state index in [-0.39, 0.29) is 6.10 Å². The highest BCUT2D eigenvalue weighted by Gasteiger charge is 2.18. The average Bonchev–Trinajstić information content (AvgIpc) is 2.97. The number of nitrogens with one attached hydrogen (secondary N) is 2. The Morgan fingerprint density at radius 3 is 2.83 bits per heavy atom. The second-order valence-electron chi connectivity index (χ2n) is 5.80. The maximum absolute atomic E-state index is 5.75. The van der Waals surface area contributed by atoms with Crippen molar-refractivity contribution in [2.45, 2.75) is 39.3 Å². The van der Waals surface area contributed by atoms with Gasteiger partial charge in [0.1, 0.15) is 5.76 Å². The minimum atomic E-state index is 0.195. The maximum Gasteiger partial charge on any atom is 0.191 e. The third-order valence-corrected chi connectivity index (χ3v) is 4.10. The first-order valence-corrected chi connectivity index (χ1v) is 8.38. The standard InChI is InChI=1S/C16H29N5O2/c1-5-14-13(15(6-2)23-20-14)10-19-16(17-3)18-9-12-11-21(4)7-8-22-12/h12H,5-11H2,1-4H3,(H2,17,18,19). The number of likely N-dealkylation sites (N-methyl/N-ethyl adjacent to an activating group) is 1. The maximum atomic E-state index is 5.75. The van der Waals surface area contributed by atoms with Gasteiger partial charge in [-0.1, -0.05) is 19.0 Å².